The highest BCUT2D eigenvalue weighted by Gasteiger charge is 2.25. The minimum Gasteiger partial charge on any atom is -0.478 e. The number of anilines is 1. The van der Waals surface area contributed by atoms with Crippen LogP contribution in [0.15, 0.2) is 18.2 Å². The average Bonchev–Trinajstić information content (AvgIpc) is 2.32. The van der Waals surface area contributed by atoms with E-state index >= 15 is 0 Å². The van der Waals surface area contributed by atoms with Crippen LogP contribution in [0.2, 0.25) is 5.02 Å². The summed E-state index contributed by atoms with van der Waals surface area (Å²) in [6, 6.07) is 2.97. The van der Waals surface area contributed by atoms with Crippen molar-refractivity contribution in [2.45, 2.75) is 19.0 Å². The Morgan fingerprint density at radius 3 is 2.48 bits per heavy atom. The van der Waals surface area contributed by atoms with E-state index in [0.717, 1.165) is 0 Å². The molecule has 1 aromatic rings. The van der Waals surface area contributed by atoms with Crippen molar-refractivity contribution in [1.29, 1.82) is 0 Å². The Bertz CT molecular complexity index is 535. The third kappa shape index (κ3) is 6.84. The fraction of sp³-hybridized carbons (Fsp3) is 0.333. The molecule has 5 nitrogen and oxygen atoms in total. The number of carbonyl (C=O) groups is 2. The predicted molar refractivity (Wildman–Crippen MR) is 70.7 cm³/mol. The van der Waals surface area contributed by atoms with E-state index in [1.807, 2.05) is 0 Å². The van der Waals surface area contributed by atoms with Gasteiger partial charge in [-0.3, -0.25) is 0 Å². The molecule has 0 aromatic heterocycles. The van der Waals surface area contributed by atoms with Crippen molar-refractivity contribution in [2.75, 3.05) is 11.9 Å². The molecule has 0 unspecified atom stereocenters. The van der Waals surface area contributed by atoms with Crippen molar-refractivity contribution in [3.8, 4) is 0 Å². The van der Waals surface area contributed by atoms with E-state index in [-0.39, 0.29) is 29.2 Å². The molecule has 3 N–H and O–H groups in total. The van der Waals surface area contributed by atoms with Gasteiger partial charge in [0.1, 0.15) is 0 Å². The molecule has 0 radical (unpaired) electrons. The Hall–Kier alpha value is -1.96. The summed E-state index contributed by atoms with van der Waals surface area (Å²) in [7, 11) is 0. The summed E-state index contributed by atoms with van der Waals surface area (Å²) in [5.74, 6) is -1.22. The molecule has 0 heterocycles. The molecule has 0 spiro atoms. The Kier molecular flexibility index (Phi) is 5.83. The van der Waals surface area contributed by atoms with Gasteiger partial charge >= 0.3 is 18.2 Å². The number of rotatable bonds is 5. The number of halogens is 4. The van der Waals surface area contributed by atoms with Gasteiger partial charge in [-0.2, -0.15) is 13.2 Å². The fourth-order valence-electron chi connectivity index (χ4n) is 1.45. The van der Waals surface area contributed by atoms with Gasteiger partial charge in [-0.15, -0.1) is 0 Å². The molecule has 9 heteroatoms. The summed E-state index contributed by atoms with van der Waals surface area (Å²) in [5.41, 5.74) is 0.0168. The Balaban J connectivity index is 2.50. The van der Waals surface area contributed by atoms with Crippen molar-refractivity contribution < 1.29 is 27.9 Å². The molecule has 0 bridgehead atoms. The molecule has 0 aliphatic carbocycles. The van der Waals surface area contributed by atoms with Gasteiger partial charge in [-0.1, -0.05) is 11.6 Å². The number of carboxylic acids is 1. The van der Waals surface area contributed by atoms with Gasteiger partial charge in [-0.25, -0.2) is 9.59 Å². The minimum absolute atomic E-state index is 0.113. The number of urea groups is 1. The van der Waals surface area contributed by atoms with E-state index in [1.165, 1.54) is 18.2 Å². The second-order valence-corrected chi connectivity index (χ2v) is 4.57. The van der Waals surface area contributed by atoms with E-state index in [1.54, 1.807) is 0 Å². The fourth-order valence-corrected chi connectivity index (χ4v) is 1.69. The molecule has 0 saturated carbocycles. The van der Waals surface area contributed by atoms with Gasteiger partial charge in [0.2, 0.25) is 0 Å². The van der Waals surface area contributed by atoms with Crippen molar-refractivity contribution in [3.63, 3.8) is 0 Å². The van der Waals surface area contributed by atoms with E-state index in [4.69, 9.17) is 16.7 Å². The maximum absolute atomic E-state index is 11.9. The summed E-state index contributed by atoms with van der Waals surface area (Å²) in [5, 5.41) is 13.5. The van der Waals surface area contributed by atoms with Gasteiger partial charge in [0.15, 0.2) is 0 Å². The van der Waals surface area contributed by atoms with E-state index in [9.17, 15) is 22.8 Å². The highest BCUT2D eigenvalue weighted by molar-refractivity contribution is 6.31. The monoisotopic (exact) mass is 324 g/mol. The van der Waals surface area contributed by atoms with Crippen molar-refractivity contribution in [2.24, 2.45) is 0 Å². The van der Waals surface area contributed by atoms with Crippen LogP contribution in [0.1, 0.15) is 23.2 Å². The quantitative estimate of drug-likeness (QED) is 0.725. The van der Waals surface area contributed by atoms with Crippen LogP contribution in [0, 0.1) is 0 Å². The normalized spacial score (nSPS) is 11.0. The van der Waals surface area contributed by atoms with Crippen LogP contribution >= 0.6 is 11.6 Å². The molecule has 0 aliphatic heterocycles. The van der Waals surface area contributed by atoms with Crippen LogP contribution < -0.4 is 10.6 Å². The number of carboxylic acid groups (broad SMARTS) is 1. The lowest BCUT2D eigenvalue weighted by Crippen LogP contribution is -2.30. The number of carbonyl (C=O) groups excluding carboxylic acids is 1. The predicted octanol–water partition coefficient (Wildman–Crippen LogP) is 3.50. The number of nitrogens with one attached hydrogen (secondary N) is 2. The molecule has 2 amide bonds. The molecular weight excluding hydrogens is 313 g/mol. The zero-order valence-corrected chi connectivity index (χ0v) is 11.4. The number of benzene rings is 1. The van der Waals surface area contributed by atoms with Crippen LogP contribution in [0.4, 0.5) is 23.7 Å². The lowest BCUT2D eigenvalue weighted by atomic mass is 10.2. The second kappa shape index (κ2) is 7.16. The first kappa shape index (κ1) is 17.1. The first-order valence-electron chi connectivity index (χ1n) is 5.83. The molecule has 0 fully saturated rings. The van der Waals surface area contributed by atoms with Crippen LogP contribution in [0.3, 0.4) is 0 Å². The molecule has 1 aromatic carbocycles. The zero-order valence-electron chi connectivity index (χ0n) is 10.6. The number of hydrogen-bond acceptors (Lipinski definition) is 2. The molecule has 21 heavy (non-hydrogen) atoms. The van der Waals surface area contributed by atoms with Crippen LogP contribution in [-0.2, 0) is 0 Å². The third-order valence-corrected chi connectivity index (χ3v) is 2.54. The Labute approximate surface area is 123 Å². The standard InChI is InChI=1S/C12H12ClF3N2O3/c13-8-4-7(10(19)20)5-9(6-8)18-11(21)17-3-1-2-12(14,15)16/h4-6H,1-3H2,(H,19,20)(H2,17,18,21). The highest BCUT2D eigenvalue weighted by atomic mass is 35.5. The largest absolute Gasteiger partial charge is 0.478 e. The van der Waals surface area contributed by atoms with Crippen LogP contribution in [-0.4, -0.2) is 29.8 Å². The minimum atomic E-state index is -4.26. The van der Waals surface area contributed by atoms with E-state index in [0.29, 0.717) is 0 Å². The van der Waals surface area contributed by atoms with Gasteiger partial charge < -0.3 is 15.7 Å². The molecule has 0 aliphatic rings. The average molecular weight is 325 g/mol. The third-order valence-electron chi connectivity index (χ3n) is 2.33. The summed E-state index contributed by atoms with van der Waals surface area (Å²) in [4.78, 5) is 22.2. The van der Waals surface area contributed by atoms with Gasteiger partial charge in [0, 0.05) is 23.7 Å². The van der Waals surface area contributed by atoms with Gasteiger partial charge in [0.25, 0.3) is 0 Å². The zero-order chi connectivity index (χ0) is 16.0. The van der Waals surface area contributed by atoms with Crippen molar-refractivity contribution >= 4 is 29.3 Å². The topological polar surface area (TPSA) is 78.4 Å². The SMILES string of the molecule is O=C(NCCCC(F)(F)F)Nc1cc(Cl)cc(C(=O)O)c1. The van der Waals surface area contributed by atoms with Gasteiger partial charge in [0.05, 0.1) is 5.56 Å². The summed E-state index contributed by atoms with van der Waals surface area (Å²) >= 11 is 5.69. The first-order valence-corrected chi connectivity index (χ1v) is 6.20. The van der Waals surface area contributed by atoms with Crippen LogP contribution in [0.5, 0.6) is 0 Å². The van der Waals surface area contributed by atoms with Crippen molar-refractivity contribution in [1.82, 2.24) is 5.32 Å². The van der Waals surface area contributed by atoms with Crippen molar-refractivity contribution in [3.05, 3.63) is 28.8 Å². The first-order chi connectivity index (χ1) is 9.67. The maximum atomic E-state index is 11.9. The lowest BCUT2D eigenvalue weighted by molar-refractivity contribution is -0.135. The number of hydrogen-bond donors (Lipinski definition) is 3. The molecular formula is C12H12ClF3N2O3. The molecule has 0 saturated heterocycles. The molecule has 0 atom stereocenters. The van der Waals surface area contributed by atoms with Crippen LogP contribution in [0.25, 0.3) is 0 Å². The summed E-state index contributed by atoms with van der Waals surface area (Å²) < 4.78 is 35.7. The maximum Gasteiger partial charge on any atom is 0.389 e. The number of aromatic carboxylic acids is 1. The van der Waals surface area contributed by atoms with E-state index in [2.05, 4.69) is 10.6 Å². The second-order valence-electron chi connectivity index (χ2n) is 4.13. The number of amides is 2. The molecule has 116 valence electrons. The van der Waals surface area contributed by atoms with Gasteiger partial charge in [-0.05, 0) is 24.6 Å². The summed E-state index contributed by atoms with van der Waals surface area (Å²) in [6.07, 6.45) is -5.50. The smallest absolute Gasteiger partial charge is 0.389 e. The Morgan fingerprint density at radius 2 is 1.90 bits per heavy atom. The van der Waals surface area contributed by atoms with E-state index < -0.39 is 24.6 Å². The molecule has 1 rings (SSSR count). The Morgan fingerprint density at radius 1 is 1.24 bits per heavy atom. The lowest BCUT2D eigenvalue weighted by Gasteiger charge is -2.09. The summed E-state index contributed by atoms with van der Waals surface area (Å²) in [6.45, 7) is -0.155. The highest BCUT2D eigenvalue weighted by Crippen LogP contribution is 2.21. The number of alkyl halides is 3.